The van der Waals surface area contributed by atoms with Gasteiger partial charge in [0.25, 0.3) is 0 Å². The lowest BCUT2D eigenvalue weighted by molar-refractivity contribution is 0.0828. The molecule has 2 fully saturated rings. The van der Waals surface area contributed by atoms with Gasteiger partial charge in [-0.05, 0) is 71.0 Å². The van der Waals surface area contributed by atoms with Crippen LogP contribution in [0.2, 0.25) is 0 Å². The van der Waals surface area contributed by atoms with Crippen LogP contribution in [0.5, 0.6) is 0 Å². The van der Waals surface area contributed by atoms with Crippen molar-refractivity contribution in [2.75, 3.05) is 33.4 Å². The average Bonchev–Trinajstić information content (AvgIpc) is 2.39. The molecule has 18 heavy (non-hydrogen) atoms. The minimum atomic E-state index is 0.594. The summed E-state index contributed by atoms with van der Waals surface area (Å²) in [5, 5.41) is 3.58. The largest absolute Gasteiger partial charge is 0.383 e. The van der Waals surface area contributed by atoms with Crippen molar-refractivity contribution in [1.82, 2.24) is 10.2 Å². The summed E-state index contributed by atoms with van der Waals surface area (Å²) < 4.78 is 5.29. The molecule has 1 N–H and O–H groups in total. The molecule has 0 aromatic heterocycles. The molecule has 3 nitrogen and oxygen atoms in total. The third-order valence-electron chi connectivity index (χ3n) is 4.87. The van der Waals surface area contributed by atoms with Crippen LogP contribution in [0.15, 0.2) is 0 Å². The summed E-state index contributed by atoms with van der Waals surface area (Å²) in [6.07, 6.45) is 5.50. The summed E-state index contributed by atoms with van der Waals surface area (Å²) in [7, 11) is 1.81. The molecule has 0 spiro atoms. The molecule has 2 aliphatic rings. The number of hydrogen-bond donors (Lipinski definition) is 1. The zero-order valence-corrected chi connectivity index (χ0v) is 12.3. The first-order valence-corrected chi connectivity index (χ1v) is 7.67. The van der Waals surface area contributed by atoms with Gasteiger partial charge in [-0.1, -0.05) is 0 Å². The van der Waals surface area contributed by atoms with Crippen LogP contribution in [0.4, 0.5) is 0 Å². The van der Waals surface area contributed by atoms with E-state index in [1.807, 2.05) is 7.11 Å². The minimum absolute atomic E-state index is 0.594. The van der Waals surface area contributed by atoms with Gasteiger partial charge in [0.15, 0.2) is 0 Å². The fourth-order valence-corrected chi connectivity index (χ4v) is 3.70. The zero-order chi connectivity index (χ0) is 13.0. The normalized spacial score (nSPS) is 32.0. The molecule has 0 radical (unpaired) electrons. The number of methoxy groups -OCH3 is 1. The van der Waals surface area contributed by atoms with E-state index in [0.29, 0.717) is 6.04 Å². The lowest BCUT2D eigenvalue weighted by Crippen LogP contribution is -2.45. The lowest BCUT2D eigenvalue weighted by Gasteiger charge is -2.41. The second-order valence-corrected chi connectivity index (χ2v) is 6.36. The molecule has 3 heteroatoms. The van der Waals surface area contributed by atoms with E-state index >= 15 is 0 Å². The molecule has 0 aliphatic carbocycles. The van der Waals surface area contributed by atoms with E-state index < -0.39 is 0 Å². The Balaban J connectivity index is 1.78. The highest BCUT2D eigenvalue weighted by molar-refractivity contribution is 4.85. The van der Waals surface area contributed by atoms with Gasteiger partial charge in [0, 0.05) is 19.2 Å². The van der Waals surface area contributed by atoms with Gasteiger partial charge in [-0.25, -0.2) is 0 Å². The second-order valence-electron chi connectivity index (χ2n) is 6.36. The van der Waals surface area contributed by atoms with Crippen LogP contribution < -0.4 is 5.32 Å². The van der Waals surface area contributed by atoms with Crippen LogP contribution in [0, 0.1) is 11.8 Å². The van der Waals surface area contributed by atoms with Crippen LogP contribution >= 0.6 is 0 Å². The van der Waals surface area contributed by atoms with Gasteiger partial charge >= 0.3 is 0 Å². The highest BCUT2D eigenvalue weighted by atomic mass is 16.5. The molecule has 2 unspecified atom stereocenters. The molecule has 0 aromatic carbocycles. The van der Waals surface area contributed by atoms with Crippen LogP contribution in [0.3, 0.4) is 0 Å². The third kappa shape index (κ3) is 3.69. The Morgan fingerprint density at radius 2 is 1.89 bits per heavy atom. The van der Waals surface area contributed by atoms with Gasteiger partial charge in [-0.2, -0.15) is 0 Å². The Morgan fingerprint density at radius 3 is 2.50 bits per heavy atom. The summed E-state index contributed by atoms with van der Waals surface area (Å²) in [5.41, 5.74) is 0. The van der Waals surface area contributed by atoms with Crippen molar-refractivity contribution in [2.45, 2.75) is 51.6 Å². The molecule has 2 heterocycles. The number of rotatable bonds is 4. The maximum absolute atomic E-state index is 5.29. The molecule has 2 saturated heterocycles. The van der Waals surface area contributed by atoms with Crippen LogP contribution in [0.1, 0.15) is 39.5 Å². The van der Waals surface area contributed by atoms with Crippen molar-refractivity contribution >= 4 is 0 Å². The Kier molecular flexibility index (Phi) is 5.46. The number of piperidine rings is 2. The van der Waals surface area contributed by atoms with Gasteiger partial charge in [-0.3, -0.25) is 0 Å². The molecule has 0 saturated carbocycles. The Bertz CT molecular complexity index is 235. The van der Waals surface area contributed by atoms with Gasteiger partial charge in [0.05, 0.1) is 6.61 Å². The van der Waals surface area contributed by atoms with Crippen molar-refractivity contribution < 1.29 is 4.74 Å². The van der Waals surface area contributed by atoms with E-state index in [1.54, 1.807) is 0 Å². The van der Waals surface area contributed by atoms with Crippen molar-refractivity contribution in [3.63, 3.8) is 0 Å². The van der Waals surface area contributed by atoms with E-state index in [1.165, 1.54) is 45.3 Å². The van der Waals surface area contributed by atoms with Gasteiger partial charge in [0.1, 0.15) is 0 Å². The standard InChI is InChI=1S/C15H30N2O/c1-12(2)17-8-5-13(6-9-17)14-4-7-16-15(10-14)11-18-3/h12-16H,4-11H2,1-3H3. The molecule has 0 bridgehead atoms. The zero-order valence-electron chi connectivity index (χ0n) is 12.3. The summed E-state index contributed by atoms with van der Waals surface area (Å²) in [5.74, 6) is 1.89. The summed E-state index contributed by atoms with van der Waals surface area (Å²) >= 11 is 0. The average molecular weight is 254 g/mol. The highest BCUT2D eigenvalue weighted by Crippen LogP contribution is 2.32. The monoisotopic (exact) mass is 254 g/mol. The molecule has 0 amide bonds. The van der Waals surface area contributed by atoms with Crippen molar-refractivity contribution in [1.29, 1.82) is 0 Å². The molecule has 2 aliphatic heterocycles. The van der Waals surface area contributed by atoms with Crippen molar-refractivity contribution in [2.24, 2.45) is 11.8 Å². The fourth-order valence-electron chi connectivity index (χ4n) is 3.70. The summed E-state index contributed by atoms with van der Waals surface area (Å²) in [4.78, 5) is 2.63. The Hall–Kier alpha value is -0.120. The predicted molar refractivity (Wildman–Crippen MR) is 75.8 cm³/mol. The van der Waals surface area contributed by atoms with Crippen LogP contribution in [-0.2, 0) is 4.74 Å². The molecular weight excluding hydrogens is 224 g/mol. The number of likely N-dealkylation sites (tertiary alicyclic amines) is 1. The second kappa shape index (κ2) is 6.88. The van der Waals surface area contributed by atoms with E-state index in [-0.39, 0.29) is 0 Å². The molecular formula is C15H30N2O. The summed E-state index contributed by atoms with van der Waals surface area (Å²) in [6.45, 7) is 9.31. The first kappa shape index (κ1) is 14.3. The van der Waals surface area contributed by atoms with E-state index in [0.717, 1.165) is 24.5 Å². The molecule has 106 valence electrons. The van der Waals surface area contributed by atoms with E-state index in [4.69, 9.17) is 4.74 Å². The number of nitrogens with one attached hydrogen (secondary N) is 1. The van der Waals surface area contributed by atoms with Crippen molar-refractivity contribution in [3.8, 4) is 0 Å². The smallest absolute Gasteiger partial charge is 0.0615 e. The molecule has 0 aromatic rings. The minimum Gasteiger partial charge on any atom is -0.383 e. The number of hydrogen-bond acceptors (Lipinski definition) is 3. The van der Waals surface area contributed by atoms with Gasteiger partial charge < -0.3 is 15.0 Å². The topological polar surface area (TPSA) is 24.5 Å². The first-order chi connectivity index (χ1) is 8.70. The maximum atomic E-state index is 5.29. The fraction of sp³-hybridized carbons (Fsp3) is 1.00. The van der Waals surface area contributed by atoms with E-state index in [9.17, 15) is 0 Å². The quantitative estimate of drug-likeness (QED) is 0.832. The number of nitrogens with zero attached hydrogens (tertiary/aromatic N) is 1. The van der Waals surface area contributed by atoms with Gasteiger partial charge in [0.2, 0.25) is 0 Å². The third-order valence-corrected chi connectivity index (χ3v) is 4.87. The van der Waals surface area contributed by atoms with E-state index in [2.05, 4.69) is 24.1 Å². The molecule has 2 rings (SSSR count). The highest BCUT2D eigenvalue weighted by Gasteiger charge is 2.31. The van der Waals surface area contributed by atoms with Crippen molar-refractivity contribution in [3.05, 3.63) is 0 Å². The summed E-state index contributed by atoms with van der Waals surface area (Å²) in [6, 6.07) is 1.32. The SMILES string of the molecule is COCC1CC(C2CCN(C(C)C)CC2)CCN1. The Morgan fingerprint density at radius 1 is 1.17 bits per heavy atom. The Labute approximate surface area is 112 Å². The molecule has 2 atom stereocenters. The first-order valence-electron chi connectivity index (χ1n) is 7.67. The number of ether oxygens (including phenoxy) is 1. The van der Waals surface area contributed by atoms with Crippen LogP contribution in [0.25, 0.3) is 0 Å². The maximum Gasteiger partial charge on any atom is 0.0615 e. The lowest BCUT2D eigenvalue weighted by atomic mass is 9.77. The van der Waals surface area contributed by atoms with Crippen LogP contribution in [-0.4, -0.2) is 50.3 Å². The predicted octanol–water partition coefficient (Wildman–Crippen LogP) is 2.12. The van der Waals surface area contributed by atoms with Gasteiger partial charge in [-0.15, -0.1) is 0 Å².